The molecule has 0 fully saturated rings. The highest BCUT2D eigenvalue weighted by molar-refractivity contribution is 7.89. The lowest BCUT2D eigenvalue weighted by atomic mass is 10.1. The number of alkyl halides is 2. The van der Waals surface area contributed by atoms with Crippen LogP contribution in [0.25, 0.3) is 0 Å². The van der Waals surface area contributed by atoms with Crippen molar-refractivity contribution in [1.82, 2.24) is 4.57 Å². The van der Waals surface area contributed by atoms with Gasteiger partial charge in [-0.3, -0.25) is 0 Å². The van der Waals surface area contributed by atoms with Gasteiger partial charge in [0, 0.05) is 6.20 Å². The highest BCUT2D eigenvalue weighted by Gasteiger charge is 2.23. The number of esters is 1. The van der Waals surface area contributed by atoms with Gasteiger partial charge in [0.05, 0.1) is 6.54 Å². The number of hydrogen-bond donors (Lipinski definition) is 1. The van der Waals surface area contributed by atoms with E-state index in [0.717, 1.165) is 16.8 Å². The van der Waals surface area contributed by atoms with E-state index in [2.05, 4.69) is 0 Å². The molecule has 9 heteroatoms. The fourth-order valence-electron chi connectivity index (χ4n) is 1.47. The van der Waals surface area contributed by atoms with Crippen LogP contribution in [0.2, 0.25) is 0 Å². The van der Waals surface area contributed by atoms with Gasteiger partial charge in [-0.1, -0.05) is 13.8 Å². The van der Waals surface area contributed by atoms with Gasteiger partial charge in [-0.2, -0.15) is 0 Å². The Kier molecular flexibility index (Phi) is 5.46. The van der Waals surface area contributed by atoms with E-state index < -0.39 is 40.0 Å². The number of carbonyl (C=O) groups is 1. The Morgan fingerprint density at radius 1 is 1.38 bits per heavy atom. The summed E-state index contributed by atoms with van der Waals surface area (Å²) in [5, 5.41) is 4.94. The minimum absolute atomic E-state index is 0.0326. The summed E-state index contributed by atoms with van der Waals surface area (Å²) in [6.45, 7) is 4.48. The SMILES string of the molecule is CC(C)C(C)OC(=O)c1cc(S(N)(=O)=O)cn1CC(F)F. The second-order valence-corrected chi connectivity index (χ2v) is 6.57. The third-order valence-electron chi connectivity index (χ3n) is 2.98. The number of halogens is 2. The molecule has 0 aromatic carbocycles. The molecule has 0 aliphatic rings. The molecule has 1 unspecified atom stereocenters. The summed E-state index contributed by atoms with van der Waals surface area (Å²) in [4.78, 5) is 11.6. The first-order valence-corrected chi connectivity index (χ1v) is 7.79. The molecule has 1 atom stereocenters. The summed E-state index contributed by atoms with van der Waals surface area (Å²) in [6, 6.07) is 0.938. The maximum atomic E-state index is 12.5. The summed E-state index contributed by atoms with van der Waals surface area (Å²) in [6.07, 6.45) is -2.29. The number of nitrogens with zero attached hydrogens (tertiary/aromatic N) is 1. The molecule has 0 spiro atoms. The van der Waals surface area contributed by atoms with Crippen LogP contribution in [0, 0.1) is 5.92 Å². The average molecular weight is 324 g/mol. The van der Waals surface area contributed by atoms with E-state index in [-0.39, 0.29) is 11.6 Å². The Morgan fingerprint density at radius 3 is 2.38 bits per heavy atom. The zero-order valence-corrected chi connectivity index (χ0v) is 12.7. The van der Waals surface area contributed by atoms with Crippen LogP contribution in [0.5, 0.6) is 0 Å². The first-order chi connectivity index (χ1) is 9.52. The van der Waals surface area contributed by atoms with Crippen LogP contribution in [-0.2, 0) is 21.3 Å². The molecule has 0 aliphatic heterocycles. The van der Waals surface area contributed by atoms with E-state index >= 15 is 0 Å². The smallest absolute Gasteiger partial charge is 0.355 e. The number of hydrogen-bond acceptors (Lipinski definition) is 4. The predicted molar refractivity (Wildman–Crippen MR) is 71.5 cm³/mol. The maximum Gasteiger partial charge on any atom is 0.355 e. The Hall–Kier alpha value is -1.48. The Bertz CT molecular complexity index is 611. The molecule has 1 aromatic heterocycles. The fraction of sp³-hybridized carbons (Fsp3) is 0.583. The zero-order chi connectivity index (χ0) is 16.4. The quantitative estimate of drug-likeness (QED) is 0.805. The van der Waals surface area contributed by atoms with Crippen molar-refractivity contribution in [2.24, 2.45) is 11.1 Å². The van der Waals surface area contributed by atoms with Crippen molar-refractivity contribution in [2.45, 2.75) is 44.7 Å². The summed E-state index contributed by atoms with van der Waals surface area (Å²) < 4.78 is 53.5. The van der Waals surface area contributed by atoms with Gasteiger partial charge in [-0.15, -0.1) is 0 Å². The Labute approximate surface area is 121 Å². The lowest BCUT2D eigenvalue weighted by Crippen LogP contribution is -2.22. The van der Waals surface area contributed by atoms with Crippen molar-refractivity contribution in [1.29, 1.82) is 0 Å². The molecule has 0 saturated carbocycles. The van der Waals surface area contributed by atoms with Crippen molar-refractivity contribution in [3.05, 3.63) is 18.0 Å². The fourth-order valence-corrected chi connectivity index (χ4v) is 2.02. The molecule has 0 saturated heterocycles. The monoisotopic (exact) mass is 324 g/mol. The number of carbonyl (C=O) groups excluding carboxylic acids is 1. The Morgan fingerprint density at radius 2 is 1.95 bits per heavy atom. The zero-order valence-electron chi connectivity index (χ0n) is 11.9. The largest absolute Gasteiger partial charge is 0.458 e. The number of sulfonamides is 1. The number of rotatable bonds is 6. The molecule has 120 valence electrons. The number of aromatic nitrogens is 1. The molecule has 2 N–H and O–H groups in total. The standard InChI is InChI=1S/C12H18F2N2O4S/c1-7(2)8(3)20-12(17)10-4-9(21(15,18)19)5-16(10)6-11(13)14/h4-5,7-8,11H,6H2,1-3H3,(H2,15,18,19). The van der Waals surface area contributed by atoms with Gasteiger partial charge in [-0.05, 0) is 18.9 Å². The van der Waals surface area contributed by atoms with Crippen molar-refractivity contribution in [2.75, 3.05) is 0 Å². The second-order valence-electron chi connectivity index (χ2n) is 5.00. The lowest BCUT2D eigenvalue weighted by molar-refractivity contribution is 0.0221. The summed E-state index contributed by atoms with van der Waals surface area (Å²) >= 11 is 0. The van der Waals surface area contributed by atoms with Gasteiger partial charge in [0.25, 0.3) is 6.43 Å². The number of ether oxygens (including phenoxy) is 1. The molecule has 6 nitrogen and oxygen atoms in total. The minimum atomic E-state index is -4.09. The van der Waals surface area contributed by atoms with Gasteiger partial charge >= 0.3 is 5.97 Å². The van der Waals surface area contributed by atoms with E-state index in [1.165, 1.54) is 0 Å². The first-order valence-electron chi connectivity index (χ1n) is 6.24. The molecule has 0 bridgehead atoms. The van der Waals surface area contributed by atoms with Gasteiger partial charge in [-0.25, -0.2) is 27.1 Å². The predicted octanol–water partition coefficient (Wildman–Crippen LogP) is 1.60. The lowest BCUT2D eigenvalue weighted by Gasteiger charge is -2.17. The molecular weight excluding hydrogens is 306 g/mol. The summed E-state index contributed by atoms with van der Waals surface area (Å²) in [5.74, 6) is -0.836. The van der Waals surface area contributed by atoms with Gasteiger partial charge < -0.3 is 9.30 Å². The third-order valence-corrected chi connectivity index (χ3v) is 3.86. The molecule has 0 aliphatic carbocycles. The first kappa shape index (κ1) is 17.6. The molecule has 1 aromatic rings. The van der Waals surface area contributed by atoms with Crippen LogP contribution in [0.4, 0.5) is 8.78 Å². The van der Waals surface area contributed by atoms with Crippen molar-refractivity contribution >= 4 is 16.0 Å². The van der Waals surface area contributed by atoms with E-state index in [0.29, 0.717) is 0 Å². The number of nitrogens with two attached hydrogens (primary N) is 1. The molecule has 0 amide bonds. The van der Waals surface area contributed by atoms with Crippen LogP contribution in [0.15, 0.2) is 17.2 Å². The second kappa shape index (κ2) is 6.52. The number of primary sulfonamides is 1. The maximum absolute atomic E-state index is 12.5. The van der Waals surface area contributed by atoms with Gasteiger partial charge in [0.15, 0.2) is 0 Å². The molecular formula is C12H18F2N2O4S. The van der Waals surface area contributed by atoms with E-state index in [9.17, 15) is 22.0 Å². The van der Waals surface area contributed by atoms with Crippen molar-refractivity contribution in [3.8, 4) is 0 Å². The minimum Gasteiger partial charge on any atom is -0.458 e. The Balaban J connectivity index is 3.14. The van der Waals surface area contributed by atoms with Crippen LogP contribution >= 0.6 is 0 Å². The van der Waals surface area contributed by atoms with Crippen molar-refractivity contribution < 1.29 is 26.7 Å². The normalized spacial score (nSPS) is 13.7. The summed E-state index contributed by atoms with van der Waals surface area (Å²) in [5.41, 5.74) is -0.271. The van der Waals surface area contributed by atoms with Crippen LogP contribution in [0.1, 0.15) is 31.3 Å². The van der Waals surface area contributed by atoms with Crippen molar-refractivity contribution in [3.63, 3.8) is 0 Å². The van der Waals surface area contributed by atoms with E-state index in [1.54, 1.807) is 6.92 Å². The molecule has 0 radical (unpaired) electrons. The highest BCUT2D eigenvalue weighted by atomic mass is 32.2. The van der Waals surface area contributed by atoms with Crippen LogP contribution < -0.4 is 5.14 Å². The van der Waals surface area contributed by atoms with Gasteiger partial charge in [0.1, 0.15) is 16.7 Å². The molecule has 1 heterocycles. The summed E-state index contributed by atoms with van der Waals surface area (Å²) in [7, 11) is -4.09. The molecule has 21 heavy (non-hydrogen) atoms. The van der Waals surface area contributed by atoms with Gasteiger partial charge in [0.2, 0.25) is 10.0 Å². The average Bonchev–Trinajstić information content (AvgIpc) is 2.71. The van der Waals surface area contributed by atoms with E-state index in [4.69, 9.17) is 9.88 Å². The topological polar surface area (TPSA) is 91.4 Å². The molecule has 1 rings (SSSR count). The van der Waals surface area contributed by atoms with Crippen LogP contribution in [-0.4, -0.2) is 31.5 Å². The highest BCUT2D eigenvalue weighted by Crippen LogP contribution is 2.17. The van der Waals surface area contributed by atoms with Crippen LogP contribution in [0.3, 0.4) is 0 Å². The van der Waals surface area contributed by atoms with E-state index in [1.807, 2.05) is 13.8 Å². The third kappa shape index (κ3) is 4.78.